The summed E-state index contributed by atoms with van der Waals surface area (Å²) >= 11 is 0. The molecule has 1 aliphatic heterocycles. The highest BCUT2D eigenvalue weighted by molar-refractivity contribution is 5.13. The van der Waals surface area contributed by atoms with Crippen LogP contribution in [-0.2, 0) is 16.1 Å². The highest BCUT2D eigenvalue weighted by atomic mass is 16.5. The number of hydrogen-bond donors (Lipinski definition) is 0. The van der Waals surface area contributed by atoms with Crippen LogP contribution in [-0.4, -0.2) is 24.4 Å². The molecule has 1 saturated heterocycles. The molecule has 2 unspecified atom stereocenters. The summed E-state index contributed by atoms with van der Waals surface area (Å²) in [7, 11) is 0. The molecule has 0 bridgehead atoms. The van der Waals surface area contributed by atoms with Crippen molar-refractivity contribution in [2.24, 2.45) is 11.0 Å². The molecule has 5 heteroatoms. The fourth-order valence-corrected chi connectivity index (χ4v) is 2.62. The van der Waals surface area contributed by atoms with Crippen molar-refractivity contribution in [2.75, 3.05) is 0 Å². The van der Waals surface area contributed by atoms with Gasteiger partial charge in [-0.2, -0.15) is 0 Å². The first-order valence-electron chi connectivity index (χ1n) is 6.98. The molecule has 5 atom stereocenters. The van der Waals surface area contributed by atoms with Gasteiger partial charge in [-0.15, -0.1) is 0 Å². The summed E-state index contributed by atoms with van der Waals surface area (Å²) in [6.07, 6.45) is -0.154. The van der Waals surface area contributed by atoms with E-state index in [1.807, 2.05) is 44.2 Å². The second-order valence-corrected chi connectivity index (χ2v) is 5.36. The largest absolute Gasteiger partial charge is 0.375 e. The molecule has 5 nitrogen and oxygen atoms in total. The Morgan fingerprint density at radius 1 is 1.20 bits per heavy atom. The Morgan fingerprint density at radius 3 is 2.55 bits per heavy atom. The molecule has 1 aliphatic rings. The van der Waals surface area contributed by atoms with Crippen LogP contribution in [0.2, 0.25) is 0 Å². The van der Waals surface area contributed by atoms with Crippen molar-refractivity contribution in [3.63, 3.8) is 0 Å². The zero-order chi connectivity index (χ0) is 14.5. The molecule has 1 heterocycles. The van der Waals surface area contributed by atoms with E-state index in [1.54, 1.807) is 0 Å². The van der Waals surface area contributed by atoms with Crippen molar-refractivity contribution in [3.8, 4) is 0 Å². The lowest BCUT2D eigenvalue weighted by Crippen LogP contribution is -2.51. The molecule has 2 rings (SSSR count). The first-order chi connectivity index (χ1) is 9.63. The quantitative estimate of drug-likeness (QED) is 0.477. The van der Waals surface area contributed by atoms with Gasteiger partial charge in [0.15, 0.2) is 0 Å². The Balaban J connectivity index is 2.09. The summed E-state index contributed by atoms with van der Waals surface area (Å²) in [5, 5.41) is 3.87. The van der Waals surface area contributed by atoms with Crippen LogP contribution in [0.1, 0.15) is 26.3 Å². The van der Waals surface area contributed by atoms with Gasteiger partial charge in [-0.25, -0.2) is 0 Å². The minimum absolute atomic E-state index is 0.0934. The van der Waals surface area contributed by atoms with E-state index in [9.17, 15) is 0 Å². The predicted molar refractivity (Wildman–Crippen MR) is 77.1 cm³/mol. The topological polar surface area (TPSA) is 67.2 Å². The molecule has 0 aliphatic carbocycles. The molecule has 0 aromatic heterocycles. The number of nitrogens with zero attached hydrogens (tertiary/aromatic N) is 3. The van der Waals surface area contributed by atoms with Crippen LogP contribution in [0.15, 0.2) is 35.4 Å². The Kier molecular flexibility index (Phi) is 5.01. The van der Waals surface area contributed by atoms with E-state index in [2.05, 4.69) is 16.9 Å². The van der Waals surface area contributed by atoms with Crippen molar-refractivity contribution < 1.29 is 9.47 Å². The number of azide groups is 1. The third-order valence-electron chi connectivity index (χ3n) is 3.98. The number of ether oxygens (including phenoxy) is 2. The van der Waals surface area contributed by atoms with E-state index in [0.717, 1.165) is 5.56 Å². The van der Waals surface area contributed by atoms with Gasteiger partial charge in [-0.1, -0.05) is 42.4 Å². The Bertz CT molecular complexity index is 473. The van der Waals surface area contributed by atoms with Crippen LogP contribution in [0, 0.1) is 5.92 Å². The highest BCUT2D eigenvalue weighted by Crippen LogP contribution is 2.30. The maximum Gasteiger partial charge on any atom is 0.0899 e. The third-order valence-corrected chi connectivity index (χ3v) is 3.98. The number of benzene rings is 1. The van der Waals surface area contributed by atoms with E-state index < -0.39 is 0 Å². The second kappa shape index (κ2) is 6.75. The van der Waals surface area contributed by atoms with Gasteiger partial charge >= 0.3 is 0 Å². The van der Waals surface area contributed by atoms with Crippen LogP contribution in [0.4, 0.5) is 0 Å². The van der Waals surface area contributed by atoms with Gasteiger partial charge in [0, 0.05) is 10.8 Å². The van der Waals surface area contributed by atoms with Crippen molar-refractivity contribution in [2.45, 2.75) is 51.7 Å². The summed E-state index contributed by atoms with van der Waals surface area (Å²) in [6.45, 7) is 6.56. The van der Waals surface area contributed by atoms with Gasteiger partial charge in [0.2, 0.25) is 0 Å². The SMILES string of the molecule is CC1OC(C)[C@H](N=[N+]=[N-])[C@H](OCc2ccccc2)[C@H]1C. The van der Waals surface area contributed by atoms with Crippen LogP contribution in [0.25, 0.3) is 10.4 Å². The van der Waals surface area contributed by atoms with E-state index in [0.29, 0.717) is 6.61 Å². The van der Waals surface area contributed by atoms with Crippen LogP contribution in [0.3, 0.4) is 0 Å². The third kappa shape index (κ3) is 3.31. The molecule has 108 valence electrons. The molecule has 0 saturated carbocycles. The first kappa shape index (κ1) is 14.9. The van der Waals surface area contributed by atoms with E-state index >= 15 is 0 Å². The Hall–Kier alpha value is -1.55. The Morgan fingerprint density at radius 2 is 1.90 bits per heavy atom. The summed E-state index contributed by atoms with van der Waals surface area (Å²) in [6, 6.07) is 9.73. The smallest absolute Gasteiger partial charge is 0.0899 e. The maximum absolute atomic E-state index is 8.74. The van der Waals surface area contributed by atoms with Crippen LogP contribution < -0.4 is 0 Å². The minimum Gasteiger partial charge on any atom is -0.375 e. The summed E-state index contributed by atoms with van der Waals surface area (Å²) in [5.41, 5.74) is 9.86. The van der Waals surface area contributed by atoms with Crippen molar-refractivity contribution in [1.82, 2.24) is 0 Å². The Labute approximate surface area is 119 Å². The second-order valence-electron chi connectivity index (χ2n) is 5.36. The number of rotatable bonds is 4. The van der Waals surface area contributed by atoms with E-state index in [4.69, 9.17) is 15.0 Å². The minimum atomic E-state index is -0.282. The van der Waals surface area contributed by atoms with Crippen LogP contribution >= 0.6 is 0 Å². The average Bonchev–Trinajstić information content (AvgIpc) is 2.45. The lowest BCUT2D eigenvalue weighted by molar-refractivity contribution is -0.152. The van der Waals surface area contributed by atoms with Crippen molar-refractivity contribution in [3.05, 3.63) is 46.3 Å². The molecule has 0 spiro atoms. The van der Waals surface area contributed by atoms with Crippen molar-refractivity contribution >= 4 is 0 Å². The maximum atomic E-state index is 8.74. The molecule has 20 heavy (non-hydrogen) atoms. The first-order valence-corrected chi connectivity index (χ1v) is 6.98. The summed E-state index contributed by atoms with van der Waals surface area (Å²) in [5.74, 6) is 0.186. The molecule has 1 aromatic rings. The van der Waals surface area contributed by atoms with Gasteiger partial charge in [0.25, 0.3) is 0 Å². The highest BCUT2D eigenvalue weighted by Gasteiger charge is 2.40. The zero-order valence-electron chi connectivity index (χ0n) is 12.1. The molecule has 0 radical (unpaired) electrons. The van der Waals surface area contributed by atoms with Gasteiger partial charge in [-0.05, 0) is 24.9 Å². The zero-order valence-corrected chi connectivity index (χ0v) is 12.1. The number of hydrogen-bond acceptors (Lipinski definition) is 3. The normalized spacial score (nSPS) is 33.5. The lowest BCUT2D eigenvalue weighted by atomic mass is 9.87. The van der Waals surface area contributed by atoms with E-state index in [1.165, 1.54) is 0 Å². The van der Waals surface area contributed by atoms with Gasteiger partial charge < -0.3 is 9.47 Å². The lowest BCUT2D eigenvalue weighted by Gasteiger charge is -2.42. The van der Waals surface area contributed by atoms with Gasteiger partial charge in [-0.3, -0.25) is 0 Å². The molecule has 0 N–H and O–H groups in total. The average molecular weight is 275 g/mol. The monoisotopic (exact) mass is 275 g/mol. The molecular weight excluding hydrogens is 254 g/mol. The molecule has 1 fully saturated rings. The molecule has 1 aromatic carbocycles. The summed E-state index contributed by atoms with van der Waals surface area (Å²) < 4.78 is 11.8. The van der Waals surface area contributed by atoms with E-state index in [-0.39, 0.29) is 30.3 Å². The van der Waals surface area contributed by atoms with Crippen molar-refractivity contribution in [1.29, 1.82) is 0 Å². The molecule has 0 amide bonds. The summed E-state index contributed by atoms with van der Waals surface area (Å²) in [4.78, 5) is 2.94. The molecular formula is C15H21N3O2. The predicted octanol–water partition coefficient (Wildman–Crippen LogP) is 3.69. The fourth-order valence-electron chi connectivity index (χ4n) is 2.62. The van der Waals surface area contributed by atoms with Gasteiger partial charge in [0.1, 0.15) is 0 Å². The standard InChI is InChI=1S/C15H21N3O2/c1-10-11(2)20-12(3)14(17-18-16)15(10)19-9-13-7-5-4-6-8-13/h4-8,10-12,14-15H,9H2,1-3H3/t10-,11?,12?,14-,15+/m0/s1. The van der Waals surface area contributed by atoms with Crippen LogP contribution in [0.5, 0.6) is 0 Å². The fraction of sp³-hybridized carbons (Fsp3) is 0.600. The van der Waals surface area contributed by atoms with Gasteiger partial charge in [0.05, 0.1) is 31.0 Å².